The fraction of sp³-hybridized carbons (Fsp3) is 0.291. The lowest BCUT2D eigenvalue weighted by atomic mass is 9.86. The van der Waals surface area contributed by atoms with Gasteiger partial charge in [-0.2, -0.15) is 0 Å². The molecule has 12 rings (SSSR count). The van der Waals surface area contributed by atoms with Crippen molar-refractivity contribution in [1.82, 2.24) is 16.0 Å². The van der Waals surface area contributed by atoms with Crippen molar-refractivity contribution in [3.8, 4) is 0 Å². The molecule has 6 aliphatic carbocycles. The molecule has 3 N–H and O–H groups in total. The van der Waals surface area contributed by atoms with Crippen molar-refractivity contribution < 1.29 is 0 Å². The minimum atomic E-state index is -0.0558. The molecule has 7 unspecified atom stereocenters. The van der Waals surface area contributed by atoms with Gasteiger partial charge in [0.05, 0.1) is 18.2 Å². The number of nitrogens with zero attached hydrogens (tertiary/aromatic N) is 2. The Morgan fingerprint density at radius 3 is 2.44 bits per heavy atom. The van der Waals surface area contributed by atoms with E-state index in [0.29, 0.717) is 17.9 Å². The lowest BCUT2D eigenvalue weighted by molar-refractivity contribution is 0.339. The van der Waals surface area contributed by atoms with Crippen molar-refractivity contribution in [2.24, 2.45) is 16.8 Å². The summed E-state index contributed by atoms with van der Waals surface area (Å²) in [4.78, 5) is 8.26. The monoisotopic (exact) mass is 815 g/mol. The van der Waals surface area contributed by atoms with Gasteiger partial charge in [0.25, 0.3) is 0 Å². The molecule has 7 atom stereocenters. The SMILES string of the molecule is C1=CCCC(C2N=C(C3=C(C4C=c5c(sc6c5=CC5c7ccccc7N(C7=CC=CCC7)C5C=6)=CC4)NC(C4=C(c5ccccc5)C=CCC4)C3)NC(C3C=CC=CC3)N2)=C1. The highest BCUT2D eigenvalue weighted by Gasteiger charge is 2.40. The van der Waals surface area contributed by atoms with E-state index in [1.165, 1.54) is 70.0 Å². The predicted octanol–water partition coefficient (Wildman–Crippen LogP) is 8.18. The van der Waals surface area contributed by atoms with Gasteiger partial charge < -0.3 is 15.5 Å². The molecule has 1 aromatic heterocycles. The summed E-state index contributed by atoms with van der Waals surface area (Å²) in [6, 6.07) is 20.7. The molecular weight excluding hydrogens is 763 g/mol. The fourth-order valence-corrected chi connectivity index (χ4v) is 12.5. The van der Waals surface area contributed by atoms with E-state index in [2.05, 4.69) is 173 Å². The number of nitrogens with one attached hydrogen (secondary N) is 3. The second kappa shape index (κ2) is 15.6. The van der Waals surface area contributed by atoms with Crippen LogP contribution in [0.2, 0.25) is 0 Å². The Bertz CT molecular complexity index is 2870. The average molecular weight is 816 g/mol. The van der Waals surface area contributed by atoms with E-state index in [4.69, 9.17) is 4.99 Å². The third kappa shape index (κ3) is 6.67. The van der Waals surface area contributed by atoms with Gasteiger partial charge in [-0.05, 0) is 108 Å². The van der Waals surface area contributed by atoms with Crippen LogP contribution in [0.4, 0.5) is 5.69 Å². The molecular formula is C55H53N5S. The summed E-state index contributed by atoms with van der Waals surface area (Å²) in [5.41, 5.74) is 12.5. The largest absolute Gasteiger partial charge is 0.381 e. The number of hydrogen-bond acceptors (Lipinski definition) is 6. The van der Waals surface area contributed by atoms with Gasteiger partial charge in [0.1, 0.15) is 12.0 Å². The van der Waals surface area contributed by atoms with Crippen LogP contribution in [0.15, 0.2) is 161 Å². The van der Waals surface area contributed by atoms with Crippen LogP contribution in [0.25, 0.3) is 29.9 Å². The smallest absolute Gasteiger partial charge is 0.129 e. The third-order valence-corrected chi connectivity index (χ3v) is 15.5. The Kier molecular flexibility index (Phi) is 9.52. The lowest BCUT2D eigenvalue weighted by Crippen LogP contribution is -2.58. The first kappa shape index (κ1) is 37.1. The van der Waals surface area contributed by atoms with Crippen LogP contribution in [0, 0.1) is 11.8 Å². The number of rotatable bonds is 7. The number of anilines is 1. The van der Waals surface area contributed by atoms with Crippen LogP contribution in [0.1, 0.15) is 74.8 Å². The molecule has 3 aliphatic heterocycles. The molecule has 4 heterocycles. The number of amidine groups is 1. The topological polar surface area (TPSA) is 51.7 Å². The number of aliphatic imine (C=N–C) groups is 1. The summed E-state index contributed by atoms with van der Waals surface area (Å²) < 4.78 is 2.84. The van der Waals surface area contributed by atoms with E-state index < -0.39 is 0 Å². The number of hydrogen-bond donors (Lipinski definition) is 3. The van der Waals surface area contributed by atoms with E-state index in [1.54, 1.807) is 0 Å². The van der Waals surface area contributed by atoms with E-state index in [1.807, 2.05) is 11.3 Å². The molecule has 5 nitrogen and oxygen atoms in total. The molecule has 61 heavy (non-hydrogen) atoms. The summed E-state index contributed by atoms with van der Waals surface area (Å²) in [5, 5.41) is 15.1. The Morgan fingerprint density at radius 2 is 1.59 bits per heavy atom. The van der Waals surface area contributed by atoms with Crippen LogP contribution in [-0.4, -0.2) is 30.3 Å². The molecule has 0 fully saturated rings. The van der Waals surface area contributed by atoms with Gasteiger partial charge in [-0.3, -0.25) is 5.32 Å². The maximum absolute atomic E-state index is 5.62. The van der Waals surface area contributed by atoms with Gasteiger partial charge in [0, 0.05) is 55.9 Å². The molecule has 0 saturated carbocycles. The van der Waals surface area contributed by atoms with E-state index >= 15 is 0 Å². The first-order valence-corrected chi connectivity index (χ1v) is 23.6. The molecule has 0 radical (unpaired) electrons. The lowest BCUT2D eigenvalue weighted by Gasteiger charge is -2.37. The Balaban J connectivity index is 0.979. The van der Waals surface area contributed by atoms with Gasteiger partial charge in [-0.15, -0.1) is 11.3 Å². The third-order valence-electron chi connectivity index (χ3n) is 14.3. The molecule has 0 saturated heterocycles. The Morgan fingerprint density at radius 1 is 0.738 bits per heavy atom. The maximum atomic E-state index is 5.62. The van der Waals surface area contributed by atoms with Gasteiger partial charge in [-0.1, -0.05) is 134 Å². The van der Waals surface area contributed by atoms with Crippen LogP contribution in [0.3, 0.4) is 0 Å². The fourth-order valence-electron chi connectivity index (χ4n) is 11.3. The predicted molar refractivity (Wildman–Crippen MR) is 255 cm³/mol. The number of benzene rings is 2. The molecule has 304 valence electrons. The van der Waals surface area contributed by atoms with Gasteiger partial charge in [0.2, 0.25) is 0 Å². The van der Waals surface area contributed by atoms with Gasteiger partial charge >= 0.3 is 0 Å². The zero-order valence-corrected chi connectivity index (χ0v) is 35.5. The first-order chi connectivity index (χ1) is 30.2. The Labute approximate surface area is 363 Å². The van der Waals surface area contributed by atoms with Crippen LogP contribution in [-0.2, 0) is 0 Å². The summed E-state index contributed by atoms with van der Waals surface area (Å²) in [7, 11) is 0. The summed E-state index contributed by atoms with van der Waals surface area (Å²) in [5.74, 6) is 1.95. The molecule has 6 heteroatoms. The van der Waals surface area contributed by atoms with E-state index in [9.17, 15) is 0 Å². The standard InChI is InChI=1S/C55H53N5S/c1-5-17-35(18-6-1)40-25-13-14-26-41(40)47-33-46(55-58-53(36-19-7-2-8-20-36)57-54(59-55)37-21-9-3-10-22-37)52(56-47)38-29-30-50-44(31-38)45-32-43-42-27-15-16-28-48(42)60(39-23-11-4-12-24-39)49(43)34-51(45)61-50/h1-9,11,13,15-19,21,23,25,27-28,30-32,34,36,38,43,47,49,53-54,56-57H,10,12,14,20,22,24,26,29,33H2,(H,58,59). The number of para-hydroxylation sites is 1. The van der Waals surface area contributed by atoms with Crippen molar-refractivity contribution in [3.63, 3.8) is 0 Å². The van der Waals surface area contributed by atoms with Crippen molar-refractivity contribution in [1.29, 1.82) is 0 Å². The Hall–Kier alpha value is -5.69. The summed E-state index contributed by atoms with van der Waals surface area (Å²) >= 11 is 1.99. The van der Waals surface area contributed by atoms with Crippen LogP contribution < -0.4 is 40.4 Å². The number of thiophene rings is 1. The second-order valence-corrected chi connectivity index (χ2v) is 19.0. The highest BCUT2D eigenvalue weighted by atomic mass is 32.1. The van der Waals surface area contributed by atoms with Gasteiger partial charge in [0.15, 0.2) is 0 Å². The number of allylic oxidation sites excluding steroid dienone is 14. The minimum absolute atomic E-state index is 0.0558. The summed E-state index contributed by atoms with van der Waals surface area (Å²) in [6.07, 6.45) is 47.2. The molecule has 0 bridgehead atoms. The molecule has 0 spiro atoms. The zero-order chi connectivity index (χ0) is 40.3. The van der Waals surface area contributed by atoms with Crippen LogP contribution >= 0.6 is 11.3 Å². The normalized spacial score (nSPS) is 29.4. The number of fused-ring (bicyclic) bond motifs is 6. The molecule has 3 aromatic rings. The zero-order valence-electron chi connectivity index (χ0n) is 34.6. The van der Waals surface area contributed by atoms with Gasteiger partial charge in [-0.25, -0.2) is 4.99 Å². The molecule has 0 amide bonds. The first-order valence-electron chi connectivity index (χ1n) is 22.8. The van der Waals surface area contributed by atoms with Crippen molar-refractivity contribution in [2.75, 3.05) is 4.90 Å². The van der Waals surface area contributed by atoms with E-state index in [0.717, 1.165) is 63.6 Å². The quantitative estimate of drug-likeness (QED) is 0.226. The average Bonchev–Trinajstić information content (AvgIpc) is 4.04. The van der Waals surface area contributed by atoms with E-state index in [-0.39, 0.29) is 24.3 Å². The second-order valence-electron chi connectivity index (χ2n) is 17.9. The molecule has 9 aliphatic rings. The maximum Gasteiger partial charge on any atom is 0.129 e. The molecule has 2 aromatic carbocycles. The summed E-state index contributed by atoms with van der Waals surface area (Å²) in [6.45, 7) is 0. The van der Waals surface area contributed by atoms with Crippen LogP contribution in [0.5, 0.6) is 0 Å². The highest BCUT2D eigenvalue weighted by molar-refractivity contribution is 7.07. The minimum Gasteiger partial charge on any atom is -0.381 e. The van der Waals surface area contributed by atoms with Crippen molar-refractivity contribution in [3.05, 3.63) is 186 Å². The highest BCUT2D eigenvalue weighted by Crippen LogP contribution is 2.46. The van der Waals surface area contributed by atoms with Crippen molar-refractivity contribution >= 4 is 52.7 Å². The van der Waals surface area contributed by atoms with Crippen molar-refractivity contribution in [2.45, 2.75) is 88.1 Å².